The predicted octanol–water partition coefficient (Wildman–Crippen LogP) is 0.452. The molecule has 3 rings (SSSR count). The van der Waals surface area contributed by atoms with Gasteiger partial charge in [0.05, 0.1) is 37.0 Å². The number of rotatable bonds is 9. The summed E-state index contributed by atoms with van der Waals surface area (Å²) in [6.45, 7) is 3.80. The van der Waals surface area contributed by atoms with Gasteiger partial charge in [-0.15, -0.1) is 0 Å². The van der Waals surface area contributed by atoms with E-state index < -0.39 is 54.6 Å². The number of hydrogen-bond donors (Lipinski definition) is 4. The van der Waals surface area contributed by atoms with Crippen molar-refractivity contribution in [1.29, 1.82) is 0 Å². The molecular weight excluding hydrogens is 508 g/mol. The lowest BCUT2D eigenvalue weighted by Gasteiger charge is -2.25. The number of aliphatic hydroxyl groups excluding tert-OH is 1. The first kappa shape index (κ1) is 29.0. The average molecular weight is 539 g/mol. The van der Waals surface area contributed by atoms with E-state index in [0.29, 0.717) is 22.4 Å². The fourth-order valence-corrected chi connectivity index (χ4v) is 4.49. The number of fused-ring (bicyclic) bond motifs is 1. The van der Waals surface area contributed by atoms with E-state index in [1.165, 1.54) is 17.9 Å². The number of aldehydes is 1. The van der Waals surface area contributed by atoms with Crippen LogP contribution in [0.25, 0.3) is 0 Å². The molecule has 0 saturated heterocycles. The zero-order chi connectivity index (χ0) is 28.9. The summed E-state index contributed by atoms with van der Waals surface area (Å²) in [5.41, 5.74) is 2.87. The molecule has 1 aliphatic rings. The number of carboxylic acids is 1. The topological polar surface area (TPSA) is 173 Å². The Balaban J connectivity index is 1.96. The van der Waals surface area contributed by atoms with Gasteiger partial charge in [0.25, 0.3) is 11.8 Å². The van der Waals surface area contributed by atoms with E-state index in [1.54, 1.807) is 44.2 Å². The molecule has 39 heavy (non-hydrogen) atoms. The molecule has 206 valence electrons. The lowest BCUT2D eigenvalue weighted by Crippen LogP contribution is -2.54. The number of nitrogens with zero attached hydrogens (tertiary/aromatic N) is 2. The Bertz CT molecular complexity index is 1300. The first-order valence-electron chi connectivity index (χ1n) is 12.1. The minimum atomic E-state index is -1.30. The predicted molar refractivity (Wildman–Crippen MR) is 140 cm³/mol. The van der Waals surface area contributed by atoms with Crippen LogP contribution in [-0.4, -0.2) is 71.3 Å². The molecule has 2 unspecified atom stereocenters. The highest BCUT2D eigenvalue weighted by atomic mass is 16.4. The van der Waals surface area contributed by atoms with Gasteiger partial charge in [-0.25, -0.2) is 0 Å². The molecule has 0 spiro atoms. The number of carbonyl (C=O) groups excluding carboxylic acids is 5. The number of aliphatic carboxylic acids is 1. The zero-order valence-corrected chi connectivity index (χ0v) is 21.8. The molecule has 4 amide bonds. The maximum Gasteiger partial charge on any atom is 0.305 e. The van der Waals surface area contributed by atoms with Crippen molar-refractivity contribution in [2.24, 2.45) is 0 Å². The van der Waals surface area contributed by atoms with Crippen molar-refractivity contribution in [3.05, 3.63) is 58.7 Å². The summed E-state index contributed by atoms with van der Waals surface area (Å²) in [4.78, 5) is 77.0. The summed E-state index contributed by atoms with van der Waals surface area (Å²) in [6, 6.07) is 7.01. The van der Waals surface area contributed by atoms with Gasteiger partial charge in [-0.1, -0.05) is 12.1 Å². The van der Waals surface area contributed by atoms with Gasteiger partial charge in [0.15, 0.2) is 0 Å². The van der Waals surface area contributed by atoms with Crippen molar-refractivity contribution in [2.75, 3.05) is 22.9 Å². The Morgan fingerprint density at radius 2 is 1.72 bits per heavy atom. The summed E-state index contributed by atoms with van der Waals surface area (Å²) in [7, 11) is 0. The van der Waals surface area contributed by atoms with Crippen LogP contribution in [0.3, 0.4) is 0 Å². The SMILES string of the molecule is CC(=O)N1CC(NC(=O)c2cc(C)c(CO)c(C)c2)C(=O)N(CC(=O)NC(C=O)CC(=O)O)c2ccccc21. The fourth-order valence-electron chi connectivity index (χ4n) is 4.49. The number of nitrogens with one attached hydrogen (secondary N) is 2. The first-order valence-corrected chi connectivity index (χ1v) is 12.1. The van der Waals surface area contributed by atoms with Gasteiger partial charge in [-0.05, 0) is 54.8 Å². The summed E-state index contributed by atoms with van der Waals surface area (Å²) >= 11 is 0. The molecule has 0 aliphatic carbocycles. The van der Waals surface area contributed by atoms with E-state index in [-0.39, 0.29) is 30.7 Å². The molecular formula is C27H30N4O8. The van der Waals surface area contributed by atoms with E-state index in [9.17, 15) is 33.9 Å². The average Bonchev–Trinajstić information content (AvgIpc) is 2.98. The molecule has 2 atom stereocenters. The van der Waals surface area contributed by atoms with Crippen LogP contribution in [0.15, 0.2) is 36.4 Å². The summed E-state index contributed by atoms with van der Waals surface area (Å²) in [5.74, 6) is -3.77. The van der Waals surface area contributed by atoms with E-state index in [4.69, 9.17) is 5.11 Å². The number of para-hydroxylation sites is 2. The van der Waals surface area contributed by atoms with Gasteiger partial charge in [0.1, 0.15) is 18.9 Å². The van der Waals surface area contributed by atoms with Gasteiger partial charge in [-0.3, -0.25) is 28.9 Å². The van der Waals surface area contributed by atoms with Crippen LogP contribution in [0.5, 0.6) is 0 Å². The van der Waals surface area contributed by atoms with Gasteiger partial charge >= 0.3 is 5.97 Å². The molecule has 0 bridgehead atoms. The minimum absolute atomic E-state index is 0.193. The summed E-state index contributed by atoms with van der Waals surface area (Å²) in [5, 5.41) is 23.5. The second-order valence-electron chi connectivity index (χ2n) is 9.22. The monoisotopic (exact) mass is 538 g/mol. The van der Waals surface area contributed by atoms with Gasteiger partial charge in [0, 0.05) is 12.5 Å². The molecule has 0 aromatic heterocycles. The van der Waals surface area contributed by atoms with E-state index in [2.05, 4.69) is 10.6 Å². The lowest BCUT2D eigenvalue weighted by molar-refractivity contribution is -0.139. The highest BCUT2D eigenvalue weighted by molar-refractivity contribution is 6.10. The lowest BCUT2D eigenvalue weighted by atomic mass is 9.99. The van der Waals surface area contributed by atoms with Gasteiger partial charge in [-0.2, -0.15) is 0 Å². The van der Waals surface area contributed by atoms with Crippen molar-refractivity contribution in [1.82, 2.24) is 10.6 Å². The summed E-state index contributed by atoms with van der Waals surface area (Å²) in [6.07, 6.45) is -0.346. The van der Waals surface area contributed by atoms with Crippen molar-refractivity contribution >= 4 is 47.3 Å². The Morgan fingerprint density at radius 3 is 2.26 bits per heavy atom. The van der Waals surface area contributed by atoms with Crippen LogP contribution in [0.1, 0.15) is 40.4 Å². The highest BCUT2D eigenvalue weighted by Crippen LogP contribution is 2.33. The molecule has 0 saturated carbocycles. The molecule has 0 fully saturated rings. The smallest absolute Gasteiger partial charge is 0.305 e. The molecule has 2 aromatic rings. The second kappa shape index (κ2) is 12.3. The van der Waals surface area contributed by atoms with Crippen LogP contribution in [0.2, 0.25) is 0 Å². The normalized spacial score (nSPS) is 15.6. The molecule has 1 heterocycles. The van der Waals surface area contributed by atoms with Crippen LogP contribution in [-0.2, 0) is 30.6 Å². The van der Waals surface area contributed by atoms with Crippen LogP contribution in [0.4, 0.5) is 11.4 Å². The Morgan fingerprint density at radius 1 is 1.10 bits per heavy atom. The summed E-state index contributed by atoms with van der Waals surface area (Å²) < 4.78 is 0. The van der Waals surface area contributed by atoms with Crippen LogP contribution < -0.4 is 20.4 Å². The van der Waals surface area contributed by atoms with Crippen LogP contribution in [0, 0.1) is 13.8 Å². The molecule has 1 aliphatic heterocycles. The zero-order valence-electron chi connectivity index (χ0n) is 21.8. The molecule has 12 nitrogen and oxygen atoms in total. The molecule has 12 heteroatoms. The Kier molecular flexibility index (Phi) is 9.15. The maximum absolute atomic E-state index is 13.7. The standard InChI is InChI=1S/C27H30N4O8/c1-15-8-18(9-16(2)20(15)14-33)26(38)29-21-11-30(17(3)34)22-6-4-5-7-23(22)31(27(21)39)12-24(35)28-19(13-32)10-25(36)37/h4-9,13,19,21,33H,10-12,14H2,1-3H3,(H,28,35)(H,29,38)(H,36,37). The number of carboxylic acid groups (broad SMARTS) is 1. The minimum Gasteiger partial charge on any atom is -0.481 e. The largest absolute Gasteiger partial charge is 0.481 e. The number of carbonyl (C=O) groups is 6. The third-order valence-electron chi connectivity index (χ3n) is 6.40. The molecule has 0 radical (unpaired) electrons. The number of hydrogen-bond acceptors (Lipinski definition) is 7. The first-order chi connectivity index (χ1) is 18.5. The van der Waals surface area contributed by atoms with Gasteiger partial charge in [0.2, 0.25) is 11.8 Å². The molecule has 4 N–H and O–H groups in total. The van der Waals surface area contributed by atoms with Crippen molar-refractivity contribution in [2.45, 2.75) is 45.9 Å². The molecule has 2 aromatic carbocycles. The van der Waals surface area contributed by atoms with Gasteiger partial charge < -0.3 is 30.5 Å². The third-order valence-corrected chi connectivity index (χ3v) is 6.40. The van der Waals surface area contributed by atoms with Crippen molar-refractivity contribution in [3.63, 3.8) is 0 Å². The third kappa shape index (κ3) is 6.65. The maximum atomic E-state index is 13.7. The van der Waals surface area contributed by atoms with E-state index in [0.717, 1.165) is 4.90 Å². The number of anilines is 2. The number of aryl methyl sites for hydroxylation is 2. The fraction of sp³-hybridized carbons (Fsp3) is 0.333. The number of aliphatic hydroxyl groups is 1. The Labute approximate surface area is 224 Å². The van der Waals surface area contributed by atoms with Crippen LogP contribution >= 0.6 is 0 Å². The van der Waals surface area contributed by atoms with E-state index in [1.807, 2.05) is 0 Å². The van der Waals surface area contributed by atoms with E-state index >= 15 is 0 Å². The number of benzene rings is 2. The van der Waals surface area contributed by atoms with Crippen molar-refractivity contribution in [3.8, 4) is 0 Å². The second-order valence-corrected chi connectivity index (χ2v) is 9.22. The Hall–Kier alpha value is -4.58. The number of amides is 4. The highest BCUT2D eigenvalue weighted by Gasteiger charge is 2.37. The van der Waals surface area contributed by atoms with Crippen molar-refractivity contribution < 1.29 is 39.0 Å². The quantitative estimate of drug-likeness (QED) is 0.333.